The van der Waals surface area contributed by atoms with E-state index in [-0.39, 0.29) is 18.2 Å². The van der Waals surface area contributed by atoms with Gasteiger partial charge in [0.1, 0.15) is 0 Å². The zero-order chi connectivity index (χ0) is 13.1. The number of anilines is 1. The molecule has 1 heterocycles. The van der Waals surface area contributed by atoms with Crippen LogP contribution in [0.4, 0.5) is 5.69 Å². The number of hydrogen-bond acceptors (Lipinski definition) is 4. The van der Waals surface area contributed by atoms with E-state index >= 15 is 0 Å². The lowest BCUT2D eigenvalue weighted by Gasteiger charge is -2.07. The van der Waals surface area contributed by atoms with Crippen molar-refractivity contribution >= 4 is 11.6 Å². The summed E-state index contributed by atoms with van der Waals surface area (Å²) in [4.78, 5) is 15.8. The Hall–Kier alpha value is -2.14. The number of oxazole rings is 1. The molecule has 0 spiro atoms. The van der Waals surface area contributed by atoms with Gasteiger partial charge < -0.3 is 15.5 Å². The number of rotatable bonds is 3. The monoisotopic (exact) mass is 245 g/mol. The smallest absolute Gasteiger partial charge is 0.293 e. The van der Waals surface area contributed by atoms with Crippen LogP contribution in [0.3, 0.4) is 0 Å². The molecule has 0 saturated heterocycles. The van der Waals surface area contributed by atoms with Gasteiger partial charge in [-0.1, -0.05) is 12.1 Å². The number of hydrogen-bond donors (Lipinski definition) is 2. The molecule has 94 valence electrons. The molecule has 0 atom stereocenters. The molecule has 18 heavy (non-hydrogen) atoms. The Kier molecular flexibility index (Phi) is 3.43. The third kappa shape index (κ3) is 2.57. The third-order valence-electron chi connectivity index (χ3n) is 2.59. The van der Waals surface area contributed by atoms with Gasteiger partial charge in [-0.3, -0.25) is 4.79 Å². The Labute approximate surface area is 105 Å². The van der Waals surface area contributed by atoms with E-state index < -0.39 is 0 Å². The molecule has 0 aliphatic heterocycles. The first-order valence-corrected chi connectivity index (χ1v) is 5.63. The van der Waals surface area contributed by atoms with Crippen molar-refractivity contribution in [1.29, 1.82) is 0 Å². The highest BCUT2D eigenvalue weighted by molar-refractivity contribution is 6.02. The number of nitrogens with two attached hydrogens (primary N) is 1. The molecule has 0 aliphatic rings. The fourth-order valence-electron chi connectivity index (χ4n) is 1.56. The van der Waals surface area contributed by atoms with E-state index in [1.54, 1.807) is 0 Å². The van der Waals surface area contributed by atoms with Crippen LogP contribution in [-0.2, 0) is 6.54 Å². The first-order chi connectivity index (χ1) is 8.60. The van der Waals surface area contributed by atoms with Crippen LogP contribution < -0.4 is 11.1 Å². The topological polar surface area (TPSA) is 81.2 Å². The van der Waals surface area contributed by atoms with Gasteiger partial charge >= 0.3 is 0 Å². The third-order valence-corrected chi connectivity index (χ3v) is 2.59. The molecule has 5 nitrogen and oxygen atoms in total. The van der Waals surface area contributed by atoms with Gasteiger partial charge in [0.05, 0.1) is 12.7 Å². The molecule has 0 unspecified atom stereocenters. The zero-order valence-electron chi connectivity index (χ0n) is 10.4. The van der Waals surface area contributed by atoms with Crippen LogP contribution in [0.1, 0.15) is 27.6 Å². The number of nitrogens with zero attached hydrogens (tertiary/aromatic N) is 1. The molecule has 5 heteroatoms. The lowest BCUT2D eigenvalue weighted by atomic mass is 10.1. The molecule has 0 saturated carbocycles. The van der Waals surface area contributed by atoms with Crippen molar-refractivity contribution in [1.82, 2.24) is 4.98 Å². The van der Waals surface area contributed by atoms with Crippen LogP contribution >= 0.6 is 0 Å². The second kappa shape index (κ2) is 5.01. The van der Waals surface area contributed by atoms with E-state index in [1.165, 1.54) is 6.20 Å². The zero-order valence-corrected chi connectivity index (χ0v) is 10.4. The Morgan fingerprint density at radius 3 is 2.89 bits per heavy atom. The first kappa shape index (κ1) is 12.3. The number of nitrogens with one attached hydrogen (secondary N) is 1. The summed E-state index contributed by atoms with van der Waals surface area (Å²) in [7, 11) is 0. The van der Waals surface area contributed by atoms with E-state index in [1.807, 2.05) is 32.0 Å². The summed E-state index contributed by atoms with van der Waals surface area (Å²) in [5, 5.41) is 2.79. The molecule has 0 aliphatic carbocycles. The summed E-state index contributed by atoms with van der Waals surface area (Å²) in [6.45, 7) is 4.08. The number of amides is 1. The summed E-state index contributed by atoms with van der Waals surface area (Å²) in [6.07, 6.45) is 1.38. The average molecular weight is 245 g/mol. The van der Waals surface area contributed by atoms with Crippen LogP contribution in [0.25, 0.3) is 0 Å². The van der Waals surface area contributed by atoms with Gasteiger partial charge in [-0.2, -0.15) is 0 Å². The van der Waals surface area contributed by atoms with Gasteiger partial charge in [-0.05, 0) is 31.0 Å². The normalized spacial score (nSPS) is 10.4. The van der Waals surface area contributed by atoms with Crippen molar-refractivity contribution in [3.8, 4) is 0 Å². The predicted octanol–water partition coefficient (Wildman–Crippen LogP) is 2.00. The molecule has 0 radical (unpaired) electrons. The predicted molar refractivity (Wildman–Crippen MR) is 68.3 cm³/mol. The molecule has 0 fully saturated rings. The lowest BCUT2D eigenvalue weighted by molar-refractivity contribution is 0.0995. The van der Waals surface area contributed by atoms with Gasteiger partial charge in [0.2, 0.25) is 11.7 Å². The van der Waals surface area contributed by atoms with Crippen LogP contribution in [0, 0.1) is 13.8 Å². The number of aromatic nitrogens is 1. The largest absolute Gasteiger partial charge is 0.434 e. The fourth-order valence-corrected chi connectivity index (χ4v) is 1.56. The van der Waals surface area contributed by atoms with Gasteiger partial charge in [0, 0.05) is 5.69 Å². The molecule has 2 aromatic rings. The average Bonchev–Trinajstić information content (AvgIpc) is 2.82. The van der Waals surface area contributed by atoms with E-state index in [4.69, 9.17) is 10.2 Å². The standard InChI is InChI=1S/C13H15N3O2/c1-8-3-4-9(2)10(5-8)16-13(17)11-7-15-12(6-14)18-11/h3-5,7H,6,14H2,1-2H3,(H,16,17). The van der Waals surface area contributed by atoms with Gasteiger partial charge in [-0.15, -0.1) is 0 Å². The lowest BCUT2D eigenvalue weighted by Crippen LogP contribution is -2.12. The van der Waals surface area contributed by atoms with Crippen molar-refractivity contribution in [3.05, 3.63) is 47.2 Å². The quantitative estimate of drug-likeness (QED) is 0.866. The Morgan fingerprint density at radius 1 is 1.44 bits per heavy atom. The van der Waals surface area contributed by atoms with Gasteiger partial charge in [0.15, 0.2) is 0 Å². The van der Waals surface area contributed by atoms with Crippen molar-refractivity contribution in [2.24, 2.45) is 5.73 Å². The molecule has 2 rings (SSSR count). The van der Waals surface area contributed by atoms with Crippen LogP contribution in [0.5, 0.6) is 0 Å². The maximum absolute atomic E-state index is 11.9. The molecule has 0 bridgehead atoms. The second-order valence-corrected chi connectivity index (χ2v) is 4.09. The molecular formula is C13H15N3O2. The van der Waals surface area contributed by atoms with E-state index in [0.717, 1.165) is 16.8 Å². The SMILES string of the molecule is Cc1ccc(C)c(NC(=O)c2cnc(CN)o2)c1. The number of aryl methyl sites for hydroxylation is 2. The molecule has 1 aromatic heterocycles. The van der Waals surface area contributed by atoms with E-state index in [0.29, 0.717) is 5.89 Å². The molecule has 1 amide bonds. The Balaban J connectivity index is 2.18. The molecular weight excluding hydrogens is 230 g/mol. The maximum Gasteiger partial charge on any atom is 0.293 e. The van der Waals surface area contributed by atoms with Crippen molar-refractivity contribution in [2.45, 2.75) is 20.4 Å². The highest BCUT2D eigenvalue weighted by Crippen LogP contribution is 2.17. The van der Waals surface area contributed by atoms with Gasteiger partial charge in [0.25, 0.3) is 5.91 Å². The van der Waals surface area contributed by atoms with Crippen LogP contribution in [0.15, 0.2) is 28.8 Å². The molecule has 3 N–H and O–H groups in total. The van der Waals surface area contributed by atoms with E-state index in [2.05, 4.69) is 10.3 Å². The summed E-state index contributed by atoms with van der Waals surface area (Å²) in [6, 6.07) is 5.86. The van der Waals surface area contributed by atoms with Crippen LogP contribution in [0.2, 0.25) is 0 Å². The fraction of sp³-hybridized carbons (Fsp3) is 0.231. The van der Waals surface area contributed by atoms with Crippen molar-refractivity contribution in [2.75, 3.05) is 5.32 Å². The summed E-state index contributed by atoms with van der Waals surface area (Å²) in [5.74, 6) is 0.188. The molecule has 1 aromatic carbocycles. The minimum Gasteiger partial charge on any atom is -0.434 e. The maximum atomic E-state index is 11.9. The Bertz CT molecular complexity index is 575. The number of benzene rings is 1. The van der Waals surface area contributed by atoms with E-state index in [9.17, 15) is 4.79 Å². The summed E-state index contributed by atoms with van der Waals surface area (Å²) >= 11 is 0. The minimum atomic E-state index is -0.323. The van der Waals surface area contributed by atoms with Crippen molar-refractivity contribution < 1.29 is 9.21 Å². The number of carbonyl (C=O) groups is 1. The number of carbonyl (C=O) groups excluding carboxylic acids is 1. The minimum absolute atomic E-state index is 0.163. The highest BCUT2D eigenvalue weighted by Gasteiger charge is 2.13. The van der Waals surface area contributed by atoms with Crippen molar-refractivity contribution in [3.63, 3.8) is 0 Å². The summed E-state index contributed by atoms with van der Waals surface area (Å²) < 4.78 is 5.19. The van der Waals surface area contributed by atoms with Gasteiger partial charge in [-0.25, -0.2) is 4.98 Å². The second-order valence-electron chi connectivity index (χ2n) is 4.09. The Morgan fingerprint density at radius 2 is 2.22 bits per heavy atom. The summed E-state index contributed by atoms with van der Waals surface area (Å²) in [5.41, 5.74) is 8.21. The van der Waals surface area contributed by atoms with Crippen LogP contribution in [-0.4, -0.2) is 10.9 Å². The first-order valence-electron chi connectivity index (χ1n) is 5.63. The highest BCUT2D eigenvalue weighted by atomic mass is 16.4.